The van der Waals surface area contributed by atoms with E-state index in [9.17, 15) is 19.5 Å². The van der Waals surface area contributed by atoms with Crippen LogP contribution in [0.25, 0.3) is 0 Å². The fourth-order valence-electron chi connectivity index (χ4n) is 2.37. The van der Waals surface area contributed by atoms with Crippen molar-refractivity contribution in [1.29, 1.82) is 0 Å². The van der Waals surface area contributed by atoms with Crippen molar-refractivity contribution in [2.45, 2.75) is 6.42 Å². The third kappa shape index (κ3) is 3.98. The second-order valence-electron chi connectivity index (χ2n) is 5.26. The summed E-state index contributed by atoms with van der Waals surface area (Å²) in [5, 5.41) is 21.1. The van der Waals surface area contributed by atoms with E-state index in [0.29, 0.717) is 13.2 Å². The summed E-state index contributed by atoms with van der Waals surface area (Å²) in [6.45, 7) is 1.08. The van der Waals surface area contributed by atoms with Gasteiger partial charge < -0.3 is 25.2 Å². The Bertz CT molecular complexity index is 630. The van der Waals surface area contributed by atoms with Crippen LogP contribution < -0.4 is 5.32 Å². The molecule has 0 aromatic heterocycles. The van der Waals surface area contributed by atoms with Gasteiger partial charge in [-0.2, -0.15) is 0 Å². The molecule has 0 aliphatic carbocycles. The fraction of sp³-hybridized carbons (Fsp3) is 0.400. The number of carboxylic acid groups (broad SMARTS) is 1. The van der Waals surface area contributed by atoms with Crippen LogP contribution in [0.2, 0.25) is 0 Å². The molecule has 1 aromatic rings. The van der Waals surface area contributed by atoms with Crippen LogP contribution in [-0.2, 0) is 14.3 Å². The van der Waals surface area contributed by atoms with E-state index < -0.39 is 17.8 Å². The van der Waals surface area contributed by atoms with Crippen molar-refractivity contribution in [3.63, 3.8) is 0 Å². The van der Waals surface area contributed by atoms with Gasteiger partial charge in [0.25, 0.3) is 0 Å². The first-order valence-electron chi connectivity index (χ1n) is 7.06. The molecule has 124 valence electrons. The Labute approximate surface area is 132 Å². The lowest BCUT2D eigenvalue weighted by molar-refractivity contribution is -0.128. The van der Waals surface area contributed by atoms with Crippen molar-refractivity contribution in [3.05, 3.63) is 23.8 Å². The molecule has 1 atom stereocenters. The predicted molar refractivity (Wildman–Crippen MR) is 80.3 cm³/mol. The highest BCUT2D eigenvalue weighted by Crippen LogP contribution is 2.26. The number of ether oxygens (including phenoxy) is 1. The largest absolute Gasteiger partial charge is 0.506 e. The van der Waals surface area contributed by atoms with E-state index in [1.807, 2.05) is 0 Å². The lowest BCUT2D eigenvalue weighted by Gasteiger charge is -2.16. The Balaban J connectivity index is 2.04. The number of carbonyl (C=O) groups is 3. The van der Waals surface area contributed by atoms with Crippen molar-refractivity contribution in [2.75, 3.05) is 32.1 Å². The van der Waals surface area contributed by atoms with Gasteiger partial charge >= 0.3 is 5.97 Å². The molecular formula is C15H18N2O6. The summed E-state index contributed by atoms with van der Waals surface area (Å²) < 4.78 is 4.91. The summed E-state index contributed by atoms with van der Waals surface area (Å²) in [5.74, 6) is -2.51. The highest BCUT2D eigenvalue weighted by Gasteiger charge is 2.34. The number of rotatable bonds is 6. The zero-order valence-electron chi connectivity index (χ0n) is 12.6. The lowest BCUT2D eigenvalue weighted by atomic mass is 10.1. The maximum absolute atomic E-state index is 12.2. The molecule has 8 nitrogen and oxygen atoms in total. The highest BCUT2D eigenvalue weighted by atomic mass is 16.5. The summed E-state index contributed by atoms with van der Waals surface area (Å²) in [6.07, 6.45) is 0.0783. The summed E-state index contributed by atoms with van der Waals surface area (Å²) in [7, 11) is 1.53. The van der Waals surface area contributed by atoms with Gasteiger partial charge in [0, 0.05) is 26.6 Å². The number of carbonyl (C=O) groups excluding carboxylic acids is 2. The van der Waals surface area contributed by atoms with E-state index in [-0.39, 0.29) is 35.9 Å². The Morgan fingerprint density at radius 1 is 1.43 bits per heavy atom. The van der Waals surface area contributed by atoms with Gasteiger partial charge in [-0.3, -0.25) is 9.59 Å². The lowest BCUT2D eigenvalue weighted by Crippen LogP contribution is -2.30. The van der Waals surface area contributed by atoms with Crippen LogP contribution in [0.4, 0.5) is 5.69 Å². The quantitative estimate of drug-likeness (QED) is 0.658. The van der Waals surface area contributed by atoms with E-state index >= 15 is 0 Å². The van der Waals surface area contributed by atoms with Gasteiger partial charge in [0.2, 0.25) is 11.8 Å². The monoisotopic (exact) mass is 322 g/mol. The zero-order chi connectivity index (χ0) is 17.0. The molecule has 0 spiro atoms. The Kier molecular flexibility index (Phi) is 5.17. The first-order chi connectivity index (χ1) is 10.9. The van der Waals surface area contributed by atoms with Crippen LogP contribution in [-0.4, -0.2) is 59.7 Å². The van der Waals surface area contributed by atoms with Crippen molar-refractivity contribution in [1.82, 2.24) is 4.90 Å². The third-order valence-corrected chi connectivity index (χ3v) is 3.65. The first-order valence-corrected chi connectivity index (χ1v) is 7.06. The number of likely N-dealkylation sites (tertiary alicyclic amines) is 1. The second-order valence-corrected chi connectivity index (χ2v) is 5.26. The number of carboxylic acids is 1. The van der Waals surface area contributed by atoms with Crippen LogP contribution >= 0.6 is 0 Å². The number of methoxy groups -OCH3 is 1. The van der Waals surface area contributed by atoms with E-state index in [2.05, 4.69) is 5.32 Å². The first kappa shape index (κ1) is 16.8. The molecule has 2 amide bonds. The molecule has 3 N–H and O–H groups in total. The maximum Gasteiger partial charge on any atom is 0.335 e. The number of anilines is 1. The predicted octanol–water partition coefficient (Wildman–Crippen LogP) is 0.524. The molecule has 1 fully saturated rings. The molecule has 1 heterocycles. The number of nitrogens with one attached hydrogen (secondary N) is 1. The minimum atomic E-state index is -1.16. The van der Waals surface area contributed by atoms with Gasteiger partial charge in [-0.05, 0) is 18.2 Å². The molecule has 23 heavy (non-hydrogen) atoms. The smallest absolute Gasteiger partial charge is 0.335 e. The van der Waals surface area contributed by atoms with Crippen LogP contribution in [0.15, 0.2) is 18.2 Å². The van der Waals surface area contributed by atoms with Gasteiger partial charge in [0.05, 0.1) is 23.8 Å². The number of aromatic carboxylic acids is 1. The number of phenols is 1. The van der Waals surface area contributed by atoms with Gasteiger partial charge in [-0.1, -0.05) is 0 Å². The van der Waals surface area contributed by atoms with Crippen molar-refractivity contribution < 1.29 is 29.3 Å². The molecular weight excluding hydrogens is 304 g/mol. The van der Waals surface area contributed by atoms with E-state index in [4.69, 9.17) is 9.84 Å². The number of nitrogens with zero attached hydrogens (tertiary/aromatic N) is 1. The van der Waals surface area contributed by atoms with Crippen molar-refractivity contribution in [3.8, 4) is 5.75 Å². The zero-order valence-corrected chi connectivity index (χ0v) is 12.6. The standard InChI is InChI=1S/C15H18N2O6/c1-23-5-4-17-8-10(7-13(17)19)14(20)16-11-6-9(15(21)22)2-3-12(11)18/h2-3,6,10,18H,4-5,7-8H2,1H3,(H,16,20)(H,21,22). The van der Waals surface area contributed by atoms with E-state index in [0.717, 1.165) is 0 Å². The van der Waals surface area contributed by atoms with Gasteiger partial charge in [-0.25, -0.2) is 4.79 Å². The summed E-state index contributed by atoms with van der Waals surface area (Å²) in [5.41, 5.74) is -0.0417. The fourth-order valence-corrected chi connectivity index (χ4v) is 2.37. The summed E-state index contributed by atoms with van der Waals surface area (Å²) >= 11 is 0. The molecule has 0 radical (unpaired) electrons. The van der Waals surface area contributed by atoms with Gasteiger partial charge in [0.15, 0.2) is 0 Å². The normalized spacial score (nSPS) is 17.3. The second kappa shape index (κ2) is 7.10. The molecule has 1 unspecified atom stereocenters. The average molecular weight is 322 g/mol. The molecule has 8 heteroatoms. The molecule has 0 bridgehead atoms. The topological polar surface area (TPSA) is 116 Å². The molecule has 1 aliphatic rings. The molecule has 2 rings (SSSR count). The van der Waals surface area contributed by atoms with Gasteiger partial charge in [-0.15, -0.1) is 0 Å². The maximum atomic E-state index is 12.2. The Morgan fingerprint density at radius 2 is 2.17 bits per heavy atom. The van der Waals surface area contributed by atoms with E-state index in [1.54, 1.807) is 4.90 Å². The minimum Gasteiger partial charge on any atom is -0.506 e. The van der Waals surface area contributed by atoms with Crippen LogP contribution in [0, 0.1) is 5.92 Å². The summed E-state index contributed by atoms with van der Waals surface area (Å²) in [4.78, 5) is 36.5. The van der Waals surface area contributed by atoms with Crippen LogP contribution in [0.3, 0.4) is 0 Å². The highest BCUT2D eigenvalue weighted by molar-refractivity contribution is 5.99. The van der Waals surface area contributed by atoms with Crippen molar-refractivity contribution >= 4 is 23.5 Å². The Hall–Kier alpha value is -2.61. The summed E-state index contributed by atoms with van der Waals surface area (Å²) in [6, 6.07) is 3.61. The third-order valence-electron chi connectivity index (χ3n) is 3.65. The van der Waals surface area contributed by atoms with Crippen LogP contribution in [0.5, 0.6) is 5.75 Å². The SMILES string of the molecule is COCCN1CC(C(=O)Nc2cc(C(=O)O)ccc2O)CC1=O. The van der Waals surface area contributed by atoms with Crippen LogP contribution in [0.1, 0.15) is 16.8 Å². The van der Waals surface area contributed by atoms with E-state index in [1.165, 1.54) is 25.3 Å². The number of hydrogen-bond acceptors (Lipinski definition) is 5. The van der Waals surface area contributed by atoms with Gasteiger partial charge in [0.1, 0.15) is 5.75 Å². The number of phenolic OH excluding ortho intramolecular Hbond substituents is 1. The average Bonchev–Trinajstić information content (AvgIpc) is 2.88. The number of amides is 2. The number of aromatic hydroxyl groups is 1. The molecule has 1 aliphatic heterocycles. The number of benzene rings is 1. The molecule has 1 saturated heterocycles. The number of hydrogen-bond donors (Lipinski definition) is 3. The molecule has 0 saturated carbocycles. The Morgan fingerprint density at radius 3 is 2.83 bits per heavy atom. The molecule has 1 aromatic carbocycles. The van der Waals surface area contributed by atoms with Crippen molar-refractivity contribution in [2.24, 2.45) is 5.92 Å². The minimum absolute atomic E-state index is 0.0118.